The van der Waals surface area contributed by atoms with Crippen molar-refractivity contribution < 1.29 is 19.1 Å². The highest BCUT2D eigenvalue weighted by molar-refractivity contribution is 7.98. The van der Waals surface area contributed by atoms with Crippen LogP contribution in [0.15, 0.2) is 58.9 Å². The van der Waals surface area contributed by atoms with Crippen molar-refractivity contribution in [1.82, 2.24) is 19.7 Å². The number of allylic oxidation sites excluding steroid dienone is 2. The molecule has 2 heterocycles. The highest BCUT2D eigenvalue weighted by atomic mass is 35.5. The molecule has 1 aliphatic heterocycles. The molecular weight excluding hydrogens is 586 g/mol. The summed E-state index contributed by atoms with van der Waals surface area (Å²) in [7, 11) is 0. The van der Waals surface area contributed by atoms with Gasteiger partial charge in [0.15, 0.2) is 23.9 Å². The van der Waals surface area contributed by atoms with E-state index in [-0.39, 0.29) is 23.7 Å². The molecule has 0 fully saturated rings. The van der Waals surface area contributed by atoms with Gasteiger partial charge in [-0.1, -0.05) is 61.5 Å². The highest BCUT2D eigenvalue weighted by Crippen LogP contribution is 2.47. The van der Waals surface area contributed by atoms with Gasteiger partial charge in [0.05, 0.1) is 6.61 Å². The number of thioether (sulfide) groups is 1. The second-order valence-electron chi connectivity index (χ2n) is 11.4. The van der Waals surface area contributed by atoms with Crippen molar-refractivity contribution in [2.75, 3.05) is 31.6 Å². The van der Waals surface area contributed by atoms with Gasteiger partial charge in [-0.2, -0.15) is 4.98 Å². The number of hydrogen-bond acceptors (Lipinski definition) is 8. The Morgan fingerprint density at radius 1 is 1.12 bits per heavy atom. The minimum atomic E-state index is -0.498. The lowest BCUT2D eigenvalue weighted by Crippen LogP contribution is -2.36. The molecule has 1 atom stereocenters. The van der Waals surface area contributed by atoms with Crippen LogP contribution in [0, 0.1) is 5.41 Å². The third-order valence-electron chi connectivity index (χ3n) is 7.68. The van der Waals surface area contributed by atoms with Crippen molar-refractivity contribution in [2.24, 2.45) is 5.41 Å². The van der Waals surface area contributed by atoms with Crippen molar-refractivity contribution >= 4 is 41.0 Å². The standard InChI is InChI=1S/C32H38ClN5O4S/c1-6-37(7-2)27(40)18-42-25-14-13-20(15-26(25)41-8-3)29-28-23(16-32(4,5)17-24(28)39)34-30-35-31(36-38(29)30)43-19-21-11-9-10-12-22(21)33/h9-15,29H,6-8,16-19H2,1-5H3,(H,34,35,36). The molecule has 11 heteroatoms. The lowest BCUT2D eigenvalue weighted by Gasteiger charge is -2.38. The molecule has 0 saturated heterocycles. The zero-order valence-electron chi connectivity index (χ0n) is 25.3. The fraction of sp³-hybridized carbons (Fsp3) is 0.438. The number of anilines is 1. The number of rotatable bonds is 11. The highest BCUT2D eigenvalue weighted by Gasteiger charge is 2.42. The first kappa shape index (κ1) is 30.9. The zero-order chi connectivity index (χ0) is 30.7. The Morgan fingerprint density at radius 3 is 2.60 bits per heavy atom. The van der Waals surface area contributed by atoms with Gasteiger partial charge in [0, 0.05) is 41.6 Å². The smallest absolute Gasteiger partial charge is 0.260 e. The summed E-state index contributed by atoms with van der Waals surface area (Å²) in [4.78, 5) is 32.8. The zero-order valence-corrected chi connectivity index (χ0v) is 26.8. The third kappa shape index (κ3) is 6.70. The number of nitrogens with zero attached hydrogens (tertiary/aromatic N) is 4. The first-order valence-corrected chi connectivity index (χ1v) is 16.0. The van der Waals surface area contributed by atoms with Gasteiger partial charge in [0.25, 0.3) is 5.91 Å². The molecule has 1 aromatic heterocycles. The van der Waals surface area contributed by atoms with Gasteiger partial charge >= 0.3 is 0 Å². The normalized spacial score (nSPS) is 17.2. The largest absolute Gasteiger partial charge is 0.490 e. The van der Waals surface area contributed by atoms with E-state index in [1.807, 2.05) is 57.2 Å². The van der Waals surface area contributed by atoms with E-state index >= 15 is 0 Å². The Bertz CT molecular complexity index is 1550. The second kappa shape index (κ2) is 13.0. The summed E-state index contributed by atoms with van der Waals surface area (Å²) < 4.78 is 13.7. The van der Waals surface area contributed by atoms with Crippen LogP contribution in [0.1, 0.15) is 64.6 Å². The number of likely N-dealkylation sites (N-methyl/N-ethyl adjacent to an activating group) is 1. The van der Waals surface area contributed by atoms with Gasteiger partial charge in [-0.25, -0.2) is 4.68 Å². The lowest BCUT2D eigenvalue weighted by atomic mass is 9.73. The molecule has 0 spiro atoms. The molecule has 2 aromatic carbocycles. The minimum absolute atomic E-state index is 0.0817. The predicted molar refractivity (Wildman–Crippen MR) is 169 cm³/mol. The fourth-order valence-electron chi connectivity index (χ4n) is 5.61. The molecule has 9 nitrogen and oxygen atoms in total. The predicted octanol–water partition coefficient (Wildman–Crippen LogP) is 6.53. The SMILES string of the molecule is CCOc1cc(C2C3=C(CC(C)(C)CC3=O)Nc3nc(SCc4ccccc4Cl)nn32)ccc1OCC(=O)N(CC)CC. The number of benzene rings is 2. The molecule has 0 bridgehead atoms. The Morgan fingerprint density at radius 2 is 1.88 bits per heavy atom. The number of amides is 1. The quantitative estimate of drug-likeness (QED) is 0.241. The monoisotopic (exact) mass is 623 g/mol. The van der Waals surface area contributed by atoms with Crippen LogP contribution in [0.4, 0.5) is 5.95 Å². The van der Waals surface area contributed by atoms with Crippen molar-refractivity contribution in [3.05, 3.63) is 69.9 Å². The molecule has 1 unspecified atom stereocenters. The molecule has 0 radical (unpaired) electrons. The van der Waals surface area contributed by atoms with E-state index < -0.39 is 6.04 Å². The van der Waals surface area contributed by atoms with Crippen molar-refractivity contribution in [3.8, 4) is 11.5 Å². The summed E-state index contributed by atoms with van der Waals surface area (Å²) in [6.45, 7) is 11.5. The molecule has 43 heavy (non-hydrogen) atoms. The number of aromatic nitrogens is 3. The summed E-state index contributed by atoms with van der Waals surface area (Å²) in [6.07, 6.45) is 1.15. The average molecular weight is 624 g/mol. The first-order valence-electron chi connectivity index (χ1n) is 14.7. The second-order valence-corrected chi connectivity index (χ2v) is 12.7. The van der Waals surface area contributed by atoms with Gasteiger partial charge in [0.2, 0.25) is 11.1 Å². The van der Waals surface area contributed by atoms with Crippen molar-refractivity contribution in [2.45, 2.75) is 64.4 Å². The number of ether oxygens (including phenoxy) is 2. The first-order chi connectivity index (χ1) is 20.6. The molecule has 5 rings (SSSR count). The summed E-state index contributed by atoms with van der Waals surface area (Å²) in [6, 6.07) is 12.8. The van der Waals surface area contributed by atoms with Crippen LogP contribution in [0.2, 0.25) is 5.02 Å². The molecule has 3 aromatic rings. The van der Waals surface area contributed by atoms with E-state index in [1.165, 1.54) is 11.8 Å². The Hall–Kier alpha value is -3.50. The summed E-state index contributed by atoms with van der Waals surface area (Å²) in [5.41, 5.74) is 3.20. The van der Waals surface area contributed by atoms with E-state index in [2.05, 4.69) is 19.2 Å². The molecule has 0 saturated carbocycles. The van der Waals surface area contributed by atoms with Crippen molar-refractivity contribution in [1.29, 1.82) is 0 Å². The summed E-state index contributed by atoms with van der Waals surface area (Å²) in [5.74, 6) is 2.16. The van der Waals surface area contributed by atoms with Gasteiger partial charge in [-0.3, -0.25) is 9.59 Å². The molecular formula is C32H38ClN5O4S. The van der Waals surface area contributed by atoms with Crippen molar-refractivity contribution in [3.63, 3.8) is 0 Å². The van der Waals surface area contributed by atoms with Gasteiger partial charge in [-0.15, -0.1) is 5.10 Å². The van der Waals surface area contributed by atoms with Crippen LogP contribution in [-0.4, -0.2) is 57.7 Å². The van der Waals surface area contributed by atoms with Crippen LogP contribution < -0.4 is 14.8 Å². The minimum Gasteiger partial charge on any atom is -0.490 e. The summed E-state index contributed by atoms with van der Waals surface area (Å²) in [5, 5.41) is 9.58. The molecule has 228 valence electrons. The fourth-order valence-corrected chi connectivity index (χ4v) is 6.72. The maximum atomic E-state index is 13.7. The van der Waals surface area contributed by atoms with Crippen LogP contribution in [-0.2, 0) is 15.3 Å². The van der Waals surface area contributed by atoms with E-state index in [0.717, 1.165) is 16.8 Å². The Kier molecular flexibility index (Phi) is 9.36. The summed E-state index contributed by atoms with van der Waals surface area (Å²) >= 11 is 7.87. The van der Waals surface area contributed by atoms with E-state index in [1.54, 1.807) is 15.6 Å². The van der Waals surface area contributed by atoms with Gasteiger partial charge < -0.3 is 19.7 Å². The number of halogens is 1. The number of nitrogens with one attached hydrogen (secondary N) is 1. The molecule has 2 aliphatic rings. The molecule has 1 amide bonds. The van der Waals surface area contributed by atoms with Gasteiger partial charge in [0.1, 0.15) is 6.04 Å². The van der Waals surface area contributed by atoms with E-state index in [0.29, 0.717) is 71.5 Å². The topological polar surface area (TPSA) is 98.6 Å². The average Bonchev–Trinajstić information content (AvgIpc) is 3.37. The Labute approximate surface area is 262 Å². The maximum absolute atomic E-state index is 13.7. The number of carbonyl (C=O) groups excluding carboxylic acids is 2. The van der Waals surface area contributed by atoms with Crippen LogP contribution in [0.3, 0.4) is 0 Å². The third-order valence-corrected chi connectivity index (χ3v) is 8.93. The van der Waals surface area contributed by atoms with Crippen LogP contribution in [0.5, 0.6) is 11.5 Å². The number of Topliss-reactive ketones (excluding diaryl/α,β-unsaturated/α-hetero) is 1. The lowest BCUT2D eigenvalue weighted by molar-refractivity contribution is -0.133. The Balaban J connectivity index is 1.50. The van der Waals surface area contributed by atoms with Crippen LogP contribution in [0.25, 0.3) is 0 Å². The number of hydrogen-bond donors (Lipinski definition) is 1. The number of fused-ring (bicyclic) bond motifs is 1. The molecule has 1 aliphatic carbocycles. The number of ketones is 1. The van der Waals surface area contributed by atoms with E-state index in [9.17, 15) is 9.59 Å². The molecule has 1 N–H and O–H groups in total. The van der Waals surface area contributed by atoms with Gasteiger partial charge in [-0.05, 0) is 61.9 Å². The van der Waals surface area contributed by atoms with Crippen LogP contribution >= 0.6 is 23.4 Å². The number of carbonyl (C=O) groups is 2. The van der Waals surface area contributed by atoms with E-state index in [4.69, 9.17) is 31.2 Å². The maximum Gasteiger partial charge on any atom is 0.260 e.